The average Bonchev–Trinajstić information content (AvgIpc) is 3.20. The van der Waals surface area contributed by atoms with Gasteiger partial charge in [0.1, 0.15) is 18.5 Å². The number of nitrogens with zero attached hydrogens (tertiary/aromatic N) is 2. The number of carbonyl (C=O) groups excluding carboxylic acids is 1. The highest BCUT2D eigenvalue weighted by Crippen LogP contribution is 2.45. The molecule has 0 radical (unpaired) electrons. The molecule has 1 aliphatic carbocycles. The van der Waals surface area contributed by atoms with Gasteiger partial charge in [0.15, 0.2) is 0 Å². The van der Waals surface area contributed by atoms with Crippen LogP contribution in [0.1, 0.15) is 41.0 Å². The third-order valence-electron chi connectivity index (χ3n) is 7.72. The van der Waals surface area contributed by atoms with Gasteiger partial charge in [-0.25, -0.2) is 9.18 Å². The molecule has 2 unspecified atom stereocenters. The van der Waals surface area contributed by atoms with Crippen LogP contribution in [-0.4, -0.2) is 48.0 Å². The number of piperidine rings is 1. The highest BCUT2D eigenvalue weighted by molar-refractivity contribution is 5.79. The van der Waals surface area contributed by atoms with Crippen molar-refractivity contribution in [3.63, 3.8) is 0 Å². The Morgan fingerprint density at radius 1 is 1.06 bits per heavy atom. The summed E-state index contributed by atoms with van der Waals surface area (Å²) in [5.74, 6) is -0.660. The molecule has 1 amide bonds. The summed E-state index contributed by atoms with van der Waals surface area (Å²) >= 11 is 0. The summed E-state index contributed by atoms with van der Waals surface area (Å²) in [6.45, 7) is 0.766. The molecule has 0 saturated carbocycles. The lowest BCUT2D eigenvalue weighted by Gasteiger charge is -2.51. The topological polar surface area (TPSA) is 82.8 Å². The zero-order chi connectivity index (χ0) is 24.9. The lowest BCUT2D eigenvalue weighted by atomic mass is 9.76. The van der Waals surface area contributed by atoms with Crippen LogP contribution in [0.15, 0.2) is 66.7 Å². The van der Waals surface area contributed by atoms with Crippen molar-refractivity contribution in [3.8, 4) is 17.2 Å². The minimum atomic E-state index is -1.29. The molecule has 0 aromatic heterocycles. The first-order chi connectivity index (χ1) is 17.5. The van der Waals surface area contributed by atoms with Crippen LogP contribution in [0.25, 0.3) is 11.1 Å². The molecule has 2 fully saturated rings. The fourth-order valence-electron chi connectivity index (χ4n) is 6.08. The quantitative estimate of drug-likeness (QED) is 0.583. The zero-order valence-electron chi connectivity index (χ0n) is 19.6. The van der Waals surface area contributed by atoms with Crippen LogP contribution in [0.5, 0.6) is 0 Å². The van der Waals surface area contributed by atoms with Crippen LogP contribution in [0, 0.1) is 17.1 Å². The van der Waals surface area contributed by atoms with Gasteiger partial charge >= 0.3 is 6.09 Å². The van der Waals surface area contributed by atoms with Crippen molar-refractivity contribution in [3.05, 3.63) is 94.8 Å². The summed E-state index contributed by atoms with van der Waals surface area (Å²) in [4.78, 5) is 15.1. The number of morpholine rings is 1. The van der Waals surface area contributed by atoms with Gasteiger partial charge in [-0.3, -0.25) is 4.90 Å². The summed E-state index contributed by atoms with van der Waals surface area (Å²) < 4.78 is 25.5. The predicted molar refractivity (Wildman–Crippen MR) is 130 cm³/mol. The van der Waals surface area contributed by atoms with E-state index in [9.17, 15) is 19.6 Å². The van der Waals surface area contributed by atoms with E-state index in [1.807, 2.05) is 30.3 Å². The minimum absolute atomic E-state index is 0.0391. The highest BCUT2D eigenvalue weighted by Gasteiger charge is 2.49. The maximum absolute atomic E-state index is 13.9. The minimum Gasteiger partial charge on any atom is -0.448 e. The molecule has 3 aromatic rings. The molecular formula is C29H25FN2O4. The van der Waals surface area contributed by atoms with Crippen molar-refractivity contribution in [1.82, 2.24) is 4.90 Å². The Hall–Kier alpha value is -3.73. The van der Waals surface area contributed by atoms with E-state index in [4.69, 9.17) is 9.47 Å². The van der Waals surface area contributed by atoms with Crippen molar-refractivity contribution >= 4 is 6.09 Å². The second-order valence-corrected chi connectivity index (χ2v) is 9.80. The lowest BCUT2D eigenvalue weighted by Crippen LogP contribution is -2.62. The third kappa shape index (κ3) is 3.65. The van der Waals surface area contributed by atoms with Gasteiger partial charge in [-0.2, -0.15) is 5.26 Å². The predicted octanol–water partition coefficient (Wildman–Crippen LogP) is 4.70. The molecule has 36 heavy (non-hydrogen) atoms. The number of benzene rings is 3. The molecule has 2 saturated heterocycles. The highest BCUT2D eigenvalue weighted by atomic mass is 19.1. The van der Waals surface area contributed by atoms with Crippen LogP contribution in [-0.2, 0) is 15.1 Å². The molecule has 3 aliphatic rings. The Labute approximate surface area is 208 Å². The molecule has 182 valence electrons. The second kappa shape index (κ2) is 8.74. The summed E-state index contributed by atoms with van der Waals surface area (Å²) in [6, 6.07) is 21.5. The number of aliphatic hydroxyl groups is 1. The average molecular weight is 485 g/mol. The van der Waals surface area contributed by atoms with Crippen LogP contribution in [0.2, 0.25) is 0 Å². The van der Waals surface area contributed by atoms with Gasteiger partial charge < -0.3 is 14.6 Å². The monoisotopic (exact) mass is 484 g/mol. The van der Waals surface area contributed by atoms with E-state index in [1.165, 1.54) is 29.3 Å². The third-order valence-corrected chi connectivity index (χ3v) is 7.72. The van der Waals surface area contributed by atoms with E-state index in [2.05, 4.69) is 24.3 Å². The van der Waals surface area contributed by atoms with Gasteiger partial charge in [0.2, 0.25) is 0 Å². The fourth-order valence-corrected chi connectivity index (χ4v) is 6.08. The largest absolute Gasteiger partial charge is 0.448 e. The van der Waals surface area contributed by atoms with Gasteiger partial charge in [0.05, 0.1) is 36.5 Å². The number of halogens is 1. The van der Waals surface area contributed by atoms with E-state index in [0.717, 1.165) is 11.1 Å². The lowest BCUT2D eigenvalue weighted by molar-refractivity contribution is -0.136. The molecule has 6 rings (SSSR count). The van der Waals surface area contributed by atoms with Crippen molar-refractivity contribution in [2.24, 2.45) is 0 Å². The molecule has 2 aliphatic heterocycles. The number of rotatable bonds is 3. The SMILES string of the molecule is N#Cc1cc(C2(O)CC3COCC(C2)N3C(=O)OCC2c3ccccc3-c3ccccc32)ccc1F. The smallest absolute Gasteiger partial charge is 0.410 e. The Morgan fingerprint density at radius 3 is 2.28 bits per heavy atom. The first kappa shape index (κ1) is 22.7. The molecule has 3 aromatic carbocycles. The first-order valence-corrected chi connectivity index (χ1v) is 12.1. The van der Waals surface area contributed by atoms with Crippen molar-refractivity contribution in [1.29, 1.82) is 5.26 Å². The van der Waals surface area contributed by atoms with Gasteiger partial charge in [-0.15, -0.1) is 0 Å². The maximum atomic E-state index is 13.9. The van der Waals surface area contributed by atoms with E-state index in [1.54, 1.807) is 4.90 Å². The Balaban J connectivity index is 1.21. The maximum Gasteiger partial charge on any atom is 0.410 e. The van der Waals surface area contributed by atoms with Crippen LogP contribution >= 0.6 is 0 Å². The Morgan fingerprint density at radius 2 is 1.67 bits per heavy atom. The van der Waals surface area contributed by atoms with Gasteiger partial charge in [-0.1, -0.05) is 54.6 Å². The molecule has 6 nitrogen and oxygen atoms in total. The molecule has 0 spiro atoms. The van der Waals surface area contributed by atoms with E-state index < -0.39 is 29.6 Å². The van der Waals surface area contributed by atoms with Gasteiger partial charge in [0, 0.05) is 18.8 Å². The Kier molecular flexibility index (Phi) is 5.51. The molecule has 2 bridgehead atoms. The van der Waals surface area contributed by atoms with Crippen LogP contribution in [0.4, 0.5) is 9.18 Å². The summed E-state index contributed by atoms with van der Waals surface area (Å²) in [6.07, 6.45) is 0.00280. The number of hydrogen-bond acceptors (Lipinski definition) is 5. The van der Waals surface area contributed by atoms with Crippen molar-refractivity contribution < 1.29 is 23.8 Å². The molecular weight excluding hydrogens is 459 g/mol. The normalized spacial score (nSPS) is 24.5. The van der Waals surface area contributed by atoms with Gasteiger partial charge in [0.25, 0.3) is 0 Å². The van der Waals surface area contributed by atoms with Crippen molar-refractivity contribution in [2.45, 2.75) is 36.4 Å². The number of ether oxygens (including phenoxy) is 2. The van der Waals surface area contributed by atoms with Crippen LogP contribution < -0.4 is 0 Å². The fraction of sp³-hybridized carbons (Fsp3) is 0.310. The zero-order valence-corrected chi connectivity index (χ0v) is 19.6. The van der Waals surface area contributed by atoms with Gasteiger partial charge in [-0.05, 0) is 39.9 Å². The van der Waals surface area contributed by atoms with Crippen molar-refractivity contribution in [2.75, 3.05) is 19.8 Å². The number of nitriles is 1. The molecule has 1 N–H and O–H groups in total. The number of amides is 1. The number of fused-ring (bicyclic) bond motifs is 5. The summed E-state index contributed by atoms with van der Waals surface area (Å²) in [5, 5.41) is 20.7. The van der Waals surface area contributed by atoms with E-state index in [-0.39, 0.29) is 44.1 Å². The van der Waals surface area contributed by atoms with E-state index in [0.29, 0.717) is 5.56 Å². The number of carbonyl (C=O) groups is 1. The summed E-state index contributed by atoms with van der Waals surface area (Å²) in [7, 11) is 0. The molecule has 2 heterocycles. The van der Waals surface area contributed by atoms with Crippen LogP contribution in [0.3, 0.4) is 0 Å². The number of hydrogen-bond donors (Lipinski definition) is 1. The molecule has 2 atom stereocenters. The Bertz CT molecular complexity index is 1320. The summed E-state index contributed by atoms with van der Waals surface area (Å²) in [5.41, 5.74) is 3.70. The van der Waals surface area contributed by atoms with E-state index >= 15 is 0 Å². The second-order valence-electron chi connectivity index (χ2n) is 9.80. The first-order valence-electron chi connectivity index (χ1n) is 12.1. The molecule has 7 heteroatoms. The standard InChI is InChI=1S/C29H25FN2O4/c30-27-10-9-19(11-18(27)14-31)29(34)12-20-15-35-16-21(13-29)32(20)28(33)36-17-26-24-7-3-1-5-22(24)23-6-2-4-8-25(23)26/h1-11,20-21,26,34H,12-13,15-17H2.